The summed E-state index contributed by atoms with van der Waals surface area (Å²) in [6, 6.07) is 2.85. The average Bonchev–Trinajstić information content (AvgIpc) is 2.29. The topological polar surface area (TPSA) is 111 Å². The predicted molar refractivity (Wildman–Crippen MR) is 56.6 cm³/mol. The van der Waals surface area contributed by atoms with Gasteiger partial charge in [0.05, 0.1) is 11.0 Å². The molecule has 92 valence electrons. The lowest BCUT2D eigenvalue weighted by Gasteiger charge is -2.12. The molecule has 0 saturated carbocycles. The number of nitrogens with two attached hydrogens (primary N) is 1. The van der Waals surface area contributed by atoms with Crippen molar-refractivity contribution >= 4 is 11.5 Å². The fourth-order valence-corrected chi connectivity index (χ4v) is 1.06. The molecule has 0 heterocycles. The van der Waals surface area contributed by atoms with Crippen LogP contribution in [-0.2, 0) is 0 Å². The number of oxime groups is 1. The summed E-state index contributed by atoms with van der Waals surface area (Å²) in [5, 5.41) is 21.7. The summed E-state index contributed by atoms with van der Waals surface area (Å²) >= 11 is 0. The Bertz CT molecular complexity index is 464. The highest BCUT2D eigenvalue weighted by Gasteiger charge is 2.19. The van der Waals surface area contributed by atoms with Gasteiger partial charge in [-0.3, -0.25) is 10.1 Å². The maximum atomic E-state index is 12.8. The highest BCUT2D eigenvalue weighted by Crippen LogP contribution is 2.28. The smallest absolute Gasteiger partial charge is 0.313 e. The molecule has 17 heavy (non-hydrogen) atoms. The zero-order chi connectivity index (χ0) is 13.0. The third kappa shape index (κ3) is 3.03. The number of rotatable bonds is 4. The van der Waals surface area contributed by atoms with E-state index in [4.69, 9.17) is 15.7 Å². The molecule has 0 saturated heterocycles. The average molecular weight is 243 g/mol. The van der Waals surface area contributed by atoms with E-state index < -0.39 is 22.5 Å². The number of nitro benzene ring substituents is 1. The Morgan fingerprint density at radius 2 is 2.35 bits per heavy atom. The van der Waals surface area contributed by atoms with Gasteiger partial charge in [0, 0.05) is 0 Å². The van der Waals surface area contributed by atoms with E-state index in [0.29, 0.717) is 0 Å². The van der Waals surface area contributed by atoms with E-state index in [-0.39, 0.29) is 11.6 Å². The number of hydrogen-bond donors (Lipinski definition) is 2. The second kappa shape index (κ2) is 5.10. The zero-order valence-corrected chi connectivity index (χ0v) is 8.83. The van der Waals surface area contributed by atoms with Crippen LogP contribution in [0.4, 0.5) is 10.1 Å². The number of nitrogens with zero attached hydrogens (tertiary/aromatic N) is 2. The number of amidine groups is 1. The highest BCUT2D eigenvalue weighted by atomic mass is 19.1. The first-order chi connectivity index (χ1) is 7.95. The van der Waals surface area contributed by atoms with Gasteiger partial charge in [-0.15, -0.1) is 0 Å². The van der Waals surface area contributed by atoms with Gasteiger partial charge in [0.1, 0.15) is 5.82 Å². The van der Waals surface area contributed by atoms with Crippen molar-refractivity contribution in [1.82, 2.24) is 0 Å². The van der Waals surface area contributed by atoms with Crippen LogP contribution in [0.1, 0.15) is 6.92 Å². The second-order valence-corrected chi connectivity index (χ2v) is 3.15. The molecule has 0 amide bonds. The van der Waals surface area contributed by atoms with Crippen molar-refractivity contribution in [2.75, 3.05) is 0 Å². The standard InChI is InChI=1S/C9H10FN3O4/c1-5(9(11)12-14)17-8-3-2-6(10)4-7(8)13(15)16/h2-5,14H,1H3,(H2,11,12). The second-order valence-electron chi connectivity index (χ2n) is 3.15. The van der Waals surface area contributed by atoms with Gasteiger partial charge in [0.15, 0.2) is 17.7 Å². The molecule has 0 aliphatic heterocycles. The van der Waals surface area contributed by atoms with Crippen molar-refractivity contribution in [1.29, 1.82) is 0 Å². The van der Waals surface area contributed by atoms with Crippen molar-refractivity contribution < 1.29 is 19.3 Å². The minimum Gasteiger partial charge on any atom is -0.476 e. The van der Waals surface area contributed by atoms with Gasteiger partial charge in [0.25, 0.3) is 0 Å². The molecule has 1 aromatic carbocycles. The molecule has 1 unspecified atom stereocenters. The van der Waals surface area contributed by atoms with Crippen LogP contribution < -0.4 is 10.5 Å². The Morgan fingerprint density at radius 1 is 1.71 bits per heavy atom. The minimum absolute atomic E-state index is 0.157. The first-order valence-electron chi connectivity index (χ1n) is 4.53. The van der Waals surface area contributed by atoms with Crippen molar-refractivity contribution in [3.05, 3.63) is 34.1 Å². The SMILES string of the molecule is CC(Oc1ccc(F)cc1[N+](=O)[O-])C(N)=NO. The van der Waals surface area contributed by atoms with Gasteiger partial charge in [-0.1, -0.05) is 5.16 Å². The van der Waals surface area contributed by atoms with Crippen LogP contribution >= 0.6 is 0 Å². The Kier molecular flexibility index (Phi) is 3.81. The summed E-state index contributed by atoms with van der Waals surface area (Å²) in [6.45, 7) is 1.43. The normalized spacial score (nSPS) is 13.2. The van der Waals surface area contributed by atoms with Crippen LogP contribution in [0, 0.1) is 15.9 Å². The molecule has 0 radical (unpaired) electrons. The van der Waals surface area contributed by atoms with E-state index >= 15 is 0 Å². The van der Waals surface area contributed by atoms with Gasteiger partial charge < -0.3 is 15.7 Å². The molecule has 7 nitrogen and oxygen atoms in total. The molecule has 3 N–H and O–H groups in total. The molecule has 0 bridgehead atoms. The summed E-state index contributed by atoms with van der Waals surface area (Å²) in [6.07, 6.45) is -0.871. The molecule has 0 spiro atoms. The number of ether oxygens (including phenoxy) is 1. The first kappa shape index (κ1) is 12.7. The summed E-state index contributed by atoms with van der Waals surface area (Å²) in [5.74, 6) is -1.15. The van der Waals surface area contributed by atoms with Gasteiger partial charge in [-0.05, 0) is 19.1 Å². The predicted octanol–water partition coefficient (Wildman–Crippen LogP) is 1.25. The highest BCUT2D eigenvalue weighted by molar-refractivity contribution is 5.84. The number of benzene rings is 1. The van der Waals surface area contributed by atoms with Gasteiger partial charge >= 0.3 is 5.69 Å². The molecule has 1 atom stereocenters. The number of halogens is 1. The van der Waals surface area contributed by atoms with E-state index in [1.807, 2.05) is 0 Å². The van der Waals surface area contributed by atoms with E-state index in [1.54, 1.807) is 0 Å². The van der Waals surface area contributed by atoms with Gasteiger partial charge in [-0.2, -0.15) is 0 Å². The maximum absolute atomic E-state index is 12.8. The third-order valence-electron chi connectivity index (χ3n) is 1.95. The van der Waals surface area contributed by atoms with Crippen molar-refractivity contribution in [3.63, 3.8) is 0 Å². The van der Waals surface area contributed by atoms with E-state index in [1.165, 1.54) is 6.92 Å². The first-order valence-corrected chi connectivity index (χ1v) is 4.53. The number of nitro groups is 1. The molecule has 8 heteroatoms. The summed E-state index contributed by atoms with van der Waals surface area (Å²) in [5.41, 5.74) is 4.73. The lowest BCUT2D eigenvalue weighted by Crippen LogP contribution is -2.31. The Hall–Kier alpha value is -2.38. The molecule has 1 rings (SSSR count). The monoisotopic (exact) mass is 243 g/mol. The fourth-order valence-electron chi connectivity index (χ4n) is 1.06. The third-order valence-corrected chi connectivity index (χ3v) is 1.95. The number of hydrogen-bond acceptors (Lipinski definition) is 5. The molecular formula is C9H10FN3O4. The Labute approximate surface area is 95.4 Å². The van der Waals surface area contributed by atoms with Crippen molar-refractivity contribution in [2.45, 2.75) is 13.0 Å². The van der Waals surface area contributed by atoms with Crippen LogP contribution in [-0.4, -0.2) is 22.1 Å². The summed E-state index contributed by atoms with van der Waals surface area (Å²) in [4.78, 5) is 9.86. The zero-order valence-electron chi connectivity index (χ0n) is 8.83. The van der Waals surface area contributed by atoms with Crippen LogP contribution in [0.2, 0.25) is 0 Å². The molecular weight excluding hydrogens is 233 g/mol. The van der Waals surface area contributed by atoms with Crippen LogP contribution in [0.15, 0.2) is 23.4 Å². The van der Waals surface area contributed by atoms with Gasteiger partial charge in [0.2, 0.25) is 0 Å². The Balaban J connectivity index is 3.02. The Morgan fingerprint density at radius 3 is 2.88 bits per heavy atom. The van der Waals surface area contributed by atoms with Crippen LogP contribution in [0.5, 0.6) is 5.75 Å². The van der Waals surface area contributed by atoms with E-state index in [0.717, 1.165) is 18.2 Å². The van der Waals surface area contributed by atoms with Crippen molar-refractivity contribution in [3.8, 4) is 5.75 Å². The lowest BCUT2D eigenvalue weighted by molar-refractivity contribution is -0.386. The summed E-state index contributed by atoms with van der Waals surface area (Å²) in [7, 11) is 0. The summed E-state index contributed by atoms with van der Waals surface area (Å²) < 4.78 is 17.9. The molecule has 1 aromatic rings. The fraction of sp³-hybridized carbons (Fsp3) is 0.222. The van der Waals surface area contributed by atoms with Gasteiger partial charge in [-0.25, -0.2) is 4.39 Å². The van der Waals surface area contributed by atoms with Crippen LogP contribution in [0.25, 0.3) is 0 Å². The largest absolute Gasteiger partial charge is 0.476 e. The lowest BCUT2D eigenvalue weighted by atomic mass is 10.3. The molecule has 0 fully saturated rings. The molecule has 0 aliphatic rings. The molecule has 0 aromatic heterocycles. The van der Waals surface area contributed by atoms with E-state index in [9.17, 15) is 14.5 Å². The van der Waals surface area contributed by atoms with Crippen molar-refractivity contribution in [2.24, 2.45) is 10.9 Å². The quantitative estimate of drug-likeness (QED) is 0.272. The minimum atomic E-state index is -0.871. The van der Waals surface area contributed by atoms with E-state index in [2.05, 4.69) is 5.16 Å². The maximum Gasteiger partial charge on any atom is 0.313 e. The molecule has 0 aliphatic carbocycles. The van der Waals surface area contributed by atoms with Crippen LogP contribution in [0.3, 0.4) is 0 Å².